The number of aliphatic hydroxyl groups is 1. The standard InChI is InChI=1S/C12H13BrN2O/c1-9-12(13)11(8-16)15(14-9)7-10-5-3-2-4-6-10/h2-6,16H,7-8H2,1H3. The van der Waals surface area contributed by atoms with Crippen LogP contribution in [0, 0.1) is 6.92 Å². The van der Waals surface area contributed by atoms with Crippen molar-refractivity contribution in [2.45, 2.75) is 20.1 Å². The SMILES string of the molecule is Cc1nn(Cc2ccccc2)c(CO)c1Br. The molecule has 0 amide bonds. The van der Waals surface area contributed by atoms with Crippen molar-refractivity contribution < 1.29 is 5.11 Å². The van der Waals surface area contributed by atoms with Gasteiger partial charge in [-0.3, -0.25) is 4.68 Å². The fourth-order valence-electron chi connectivity index (χ4n) is 1.65. The van der Waals surface area contributed by atoms with Crippen LogP contribution in [0.3, 0.4) is 0 Å². The maximum Gasteiger partial charge on any atom is 0.0861 e. The number of halogens is 1. The summed E-state index contributed by atoms with van der Waals surface area (Å²) in [5.41, 5.74) is 2.90. The normalized spacial score (nSPS) is 10.7. The summed E-state index contributed by atoms with van der Waals surface area (Å²) in [5, 5.41) is 13.7. The number of hydrogen-bond donors (Lipinski definition) is 1. The van der Waals surface area contributed by atoms with E-state index >= 15 is 0 Å². The summed E-state index contributed by atoms with van der Waals surface area (Å²) in [6, 6.07) is 10.1. The Labute approximate surface area is 103 Å². The van der Waals surface area contributed by atoms with Crippen molar-refractivity contribution in [3.8, 4) is 0 Å². The Balaban J connectivity index is 2.31. The third-order valence-electron chi connectivity index (χ3n) is 2.48. The molecular formula is C12H13BrN2O. The third kappa shape index (κ3) is 2.18. The van der Waals surface area contributed by atoms with Crippen LogP contribution >= 0.6 is 15.9 Å². The number of nitrogens with zero attached hydrogens (tertiary/aromatic N) is 2. The van der Waals surface area contributed by atoms with Crippen molar-refractivity contribution in [2.24, 2.45) is 0 Å². The zero-order chi connectivity index (χ0) is 11.5. The summed E-state index contributed by atoms with van der Waals surface area (Å²) in [5.74, 6) is 0. The van der Waals surface area contributed by atoms with Crippen molar-refractivity contribution in [1.29, 1.82) is 0 Å². The van der Waals surface area contributed by atoms with Crippen molar-refractivity contribution >= 4 is 15.9 Å². The van der Waals surface area contributed by atoms with Gasteiger partial charge in [0.2, 0.25) is 0 Å². The lowest BCUT2D eigenvalue weighted by molar-refractivity contribution is 0.268. The zero-order valence-electron chi connectivity index (χ0n) is 9.02. The van der Waals surface area contributed by atoms with E-state index in [1.165, 1.54) is 5.56 Å². The molecular weight excluding hydrogens is 268 g/mol. The molecule has 4 heteroatoms. The van der Waals surface area contributed by atoms with Gasteiger partial charge in [-0.1, -0.05) is 30.3 Å². The minimum absolute atomic E-state index is 0.00570. The lowest BCUT2D eigenvalue weighted by Gasteiger charge is -2.05. The summed E-state index contributed by atoms with van der Waals surface area (Å²) in [4.78, 5) is 0. The van der Waals surface area contributed by atoms with Gasteiger partial charge < -0.3 is 5.11 Å². The van der Waals surface area contributed by atoms with Crippen molar-refractivity contribution in [1.82, 2.24) is 9.78 Å². The summed E-state index contributed by atoms with van der Waals surface area (Å²) >= 11 is 3.43. The van der Waals surface area contributed by atoms with Crippen LogP contribution in [0.2, 0.25) is 0 Å². The molecule has 0 aliphatic rings. The van der Waals surface area contributed by atoms with E-state index in [1.54, 1.807) is 0 Å². The number of aryl methyl sites for hydroxylation is 1. The second-order valence-corrected chi connectivity index (χ2v) is 4.44. The monoisotopic (exact) mass is 280 g/mol. The molecule has 84 valence electrons. The molecule has 1 N–H and O–H groups in total. The van der Waals surface area contributed by atoms with Crippen LogP contribution < -0.4 is 0 Å². The fraction of sp³-hybridized carbons (Fsp3) is 0.250. The molecule has 1 aromatic heterocycles. The van der Waals surface area contributed by atoms with Crippen LogP contribution in [0.5, 0.6) is 0 Å². The van der Waals surface area contributed by atoms with Gasteiger partial charge >= 0.3 is 0 Å². The number of rotatable bonds is 3. The first-order valence-corrected chi connectivity index (χ1v) is 5.88. The first-order valence-electron chi connectivity index (χ1n) is 5.09. The molecule has 1 heterocycles. The lowest BCUT2D eigenvalue weighted by atomic mass is 10.2. The van der Waals surface area contributed by atoms with Crippen molar-refractivity contribution in [2.75, 3.05) is 0 Å². The predicted octanol–water partition coefficient (Wildman–Crippen LogP) is 2.49. The molecule has 16 heavy (non-hydrogen) atoms. The molecule has 0 saturated carbocycles. The molecule has 0 aliphatic heterocycles. The molecule has 0 saturated heterocycles. The maximum atomic E-state index is 9.30. The van der Waals surface area contributed by atoms with E-state index in [-0.39, 0.29) is 6.61 Å². The van der Waals surface area contributed by atoms with Gasteiger partial charge in [0, 0.05) is 0 Å². The second-order valence-electron chi connectivity index (χ2n) is 3.65. The minimum Gasteiger partial charge on any atom is -0.390 e. The quantitative estimate of drug-likeness (QED) is 0.938. The topological polar surface area (TPSA) is 38.0 Å². The number of benzene rings is 1. The summed E-state index contributed by atoms with van der Waals surface area (Å²) < 4.78 is 2.72. The van der Waals surface area contributed by atoms with Gasteiger partial charge in [-0.05, 0) is 28.4 Å². The molecule has 2 rings (SSSR count). The van der Waals surface area contributed by atoms with E-state index in [1.807, 2.05) is 41.9 Å². The van der Waals surface area contributed by atoms with Gasteiger partial charge in [0.1, 0.15) is 0 Å². The van der Waals surface area contributed by atoms with E-state index in [0.29, 0.717) is 6.54 Å². The lowest BCUT2D eigenvalue weighted by Crippen LogP contribution is -2.06. The molecule has 2 aromatic rings. The molecule has 0 radical (unpaired) electrons. The predicted molar refractivity (Wildman–Crippen MR) is 66.1 cm³/mol. The number of aliphatic hydroxyl groups excluding tert-OH is 1. The van der Waals surface area contributed by atoms with E-state index in [4.69, 9.17) is 0 Å². The highest BCUT2D eigenvalue weighted by Crippen LogP contribution is 2.21. The van der Waals surface area contributed by atoms with Crippen LogP contribution in [0.1, 0.15) is 17.0 Å². The first-order chi connectivity index (χ1) is 7.72. The molecule has 3 nitrogen and oxygen atoms in total. The van der Waals surface area contributed by atoms with Gasteiger partial charge in [0.05, 0.1) is 29.0 Å². The first kappa shape index (κ1) is 11.4. The molecule has 1 aromatic carbocycles. The Morgan fingerprint density at radius 1 is 1.31 bits per heavy atom. The molecule has 0 atom stereocenters. The fourth-order valence-corrected chi connectivity index (χ4v) is 2.05. The average Bonchev–Trinajstić information content (AvgIpc) is 2.56. The second kappa shape index (κ2) is 4.80. The van der Waals surface area contributed by atoms with Crippen molar-refractivity contribution in [3.05, 3.63) is 51.8 Å². The Bertz CT molecular complexity index is 479. The van der Waals surface area contributed by atoms with Crippen LogP contribution in [-0.2, 0) is 13.2 Å². The van der Waals surface area contributed by atoms with E-state index in [9.17, 15) is 5.11 Å². The van der Waals surface area contributed by atoms with Crippen molar-refractivity contribution in [3.63, 3.8) is 0 Å². The largest absolute Gasteiger partial charge is 0.390 e. The smallest absolute Gasteiger partial charge is 0.0861 e. The Morgan fingerprint density at radius 2 is 2.00 bits per heavy atom. The Kier molecular flexibility index (Phi) is 3.41. The highest BCUT2D eigenvalue weighted by molar-refractivity contribution is 9.10. The Hall–Kier alpha value is -1.13. The van der Waals surface area contributed by atoms with Crippen LogP contribution in [0.15, 0.2) is 34.8 Å². The van der Waals surface area contributed by atoms with E-state index in [0.717, 1.165) is 15.9 Å². The van der Waals surface area contributed by atoms with Crippen LogP contribution in [0.4, 0.5) is 0 Å². The number of aromatic nitrogens is 2. The highest BCUT2D eigenvalue weighted by Gasteiger charge is 2.11. The summed E-state index contributed by atoms with van der Waals surface area (Å²) in [7, 11) is 0. The van der Waals surface area contributed by atoms with Gasteiger partial charge in [0.25, 0.3) is 0 Å². The van der Waals surface area contributed by atoms with Crippen LogP contribution in [-0.4, -0.2) is 14.9 Å². The zero-order valence-corrected chi connectivity index (χ0v) is 10.6. The van der Waals surface area contributed by atoms with Gasteiger partial charge in [-0.15, -0.1) is 0 Å². The molecule has 0 aliphatic carbocycles. The number of hydrogen-bond acceptors (Lipinski definition) is 2. The highest BCUT2D eigenvalue weighted by atomic mass is 79.9. The van der Waals surface area contributed by atoms with Gasteiger partial charge in [-0.2, -0.15) is 5.10 Å². The summed E-state index contributed by atoms with van der Waals surface area (Å²) in [6.45, 7) is 2.60. The van der Waals surface area contributed by atoms with Crippen LogP contribution in [0.25, 0.3) is 0 Å². The van der Waals surface area contributed by atoms with Gasteiger partial charge in [0.15, 0.2) is 0 Å². The Morgan fingerprint density at radius 3 is 2.62 bits per heavy atom. The minimum atomic E-state index is -0.00570. The van der Waals surface area contributed by atoms with E-state index in [2.05, 4.69) is 21.0 Å². The molecule has 0 bridgehead atoms. The molecule has 0 spiro atoms. The van der Waals surface area contributed by atoms with E-state index < -0.39 is 0 Å². The average molecular weight is 281 g/mol. The molecule has 0 fully saturated rings. The van der Waals surface area contributed by atoms with Gasteiger partial charge in [-0.25, -0.2) is 0 Å². The molecule has 0 unspecified atom stereocenters. The summed E-state index contributed by atoms with van der Waals surface area (Å²) in [6.07, 6.45) is 0. The maximum absolute atomic E-state index is 9.30. The third-order valence-corrected chi connectivity index (χ3v) is 3.51.